The van der Waals surface area contributed by atoms with Crippen LogP contribution in [0.25, 0.3) is 16.7 Å². The topological polar surface area (TPSA) is 94.0 Å². The van der Waals surface area contributed by atoms with Crippen LogP contribution in [0.3, 0.4) is 0 Å². The van der Waals surface area contributed by atoms with Gasteiger partial charge < -0.3 is 15.4 Å². The maximum atomic E-state index is 11.9. The van der Waals surface area contributed by atoms with Gasteiger partial charge in [-0.15, -0.1) is 0 Å². The number of benzene rings is 1. The maximum absolute atomic E-state index is 11.9. The number of anilines is 1. The Hall–Kier alpha value is -3.16. The molecular formula is C22H26N6O2. The van der Waals surface area contributed by atoms with Gasteiger partial charge in [0, 0.05) is 24.9 Å². The van der Waals surface area contributed by atoms with Crippen molar-refractivity contribution in [2.45, 2.75) is 38.5 Å². The first-order valence-corrected chi connectivity index (χ1v) is 10.6. The van der Waals surface area contributed by atoms with E-state index >= 15 is 0 Å². The highest BCUT2D eigenvalue weighted by Crippen LogP contribution is 2.40. The third-order valence-electron chi connectivity index (χ3n) is 5.64. The Morgan fingerprint density at radius 3 is 2.57 bits per heavy atom. The molecule has 2 fully saturated rings. The zero-order valence-corrected chi connectivity index (χ0v) is 17.3. The largest absolute Gasteiger partial charge is 0.497 e. The molecule has 0 atom stereocenters. The van der Waals surface area contributed by atoms with E-state index < -0.39 is 0 Å². The number of hydrogen-bond acceptors (Lipinski definition) is 6. The van der Waals surface area contributed by atoms with Gasteiger partial charge in [-0.25, -0.2) is 14.6 Å². The van der Waals surface area contributed by atoms with Gasteiger partial charge in [0.2, 0.25) is 5.91 Å². The van der Waals surface area contributed by atoms with Crippen LogP contribution in [0.5, 0.6) is 5.75 Å². The Bertz CT molecular complexity index is 1080. The Labute approximate surface area is 175 Å². The molecule has 2 N–H and O–H groups in total. The molecule has 0 bridgehead atoms. The van der Waals surface area contributed by atoms with Crippen molar-refractivity contribution < 1.29 is 9.53 Å². The minimum atomic E-state index is 0.159. The molecule has 3 aromatic rings. The third-order valence-corrected chi connectivity index (χ3v) is 5.64. The third kappa shape index (κ3) is 3.69. The number of ether oxygens (including phenoxy) is 1. The SMILES string of the molecule is COc1ccc(-n2nc(C)c3c(NCCNC(=O)C4CC4)nc(C4CC4)nc32)cc1. The van der Waals surface area contributed by atoms with E-state index in [2.05, 4.69) is 10.6 Å². The number of nitrogens with zero attached hydrogens (tertiary/aromatic N) is 4. The molecule has 8 nitrogen and oxygen atoms in total. The minimum absolute atomic E-state index is 0.159. The van der Waals surface area contributed by atoms with Gasteiger partial charge in [0.25, 0.3) is 0 Å². The molecule has 2 saturated carbocycles. The number of hydrogen-bond donors (Lipinski definition) is 2. The zero-order chi connectivity index (χ0) is 20.7. The van der Waals surface area contributed by atoms with Crippen molar-refractivity contribution in [1.82, 2.24) is 25.1 Å². The highest BCUT2D eigenvalue weighted by molar-refractivity contribution is 5.90. The maximum Gasteiger partial charge on any atom is 0.223 e. The molecule has 1 aromatic carbocycles. The molecular weight excluding hydrogens is 380 g/mol. The van der Waals surface area contributed by atoms with Gasteiger partial charge in [0.15, 0.2) is 5.65 Å². The number of rotatable bonds is 8. The summed E-state index contributed by atoms with van der Waals surface area (Å²) >= 11 is 0. The molecule has 30 heavy (non-hydrogen) atoms. The standard InChI is InChI=1S/C22H26N6O2/c1-13-18-20(23-11-12-24-22(29)15-5-6-15)25-19(14-3-4-14)26-21(18)28(27-13)16-7-9-17(30-2)10-8-16/h7-10,14-15H,3-6,11-12H2,1-2H3,(H,24,29)(H,23,25,26). The molecule has 0 saturated heterocycles. The summed E-state index contributed by atoms with van der Waals surface area (Å²) in [5.74, 6) is 3.26. The molecule has 5 rings (SSSR count). The van der Waals surface area contributed by atoms with Crippen LogP contribution in [0.15, 0.2) is 24.3 Å². The second-order valence-electron chi connectivity index (χ2n) is 8.09. The summed E-state index contributed by atoms with van der Waals surface area (Å²) in [7, 11) is 1.66. The molecule has 0 radical (unpaired) electrons. The van der Waals surface area contributed by atoms with E-state index in [1.54, 1.807) is 7.11 Å². The van der Waals surface area contributed by atoms with Crippen molar-refractivity contribution in [1.29, 1.82) is 0 Å². The minimum Gasteiger partial charge on any atom is -0.497 e. The van der Waals surface area contributed by atoms with Gasteiger partial charge >= 0.3 is 0 Å². The van der Waals surface area contributed by atoms with Gasteiger partial charge in [0.05, 0.1) is 23.9 Å². The summed E-state index contributed by atoms with van der Waals surface area (Å²) in [5.41, 5.74) is 2.60. The van der Waals surface area contributed by atoms with Crippen molar-refractivity contribution in [3.05, 3.63) is 35.8 Å². The van der Waals surface area contributed by atoms with Crippen molar-refractivity contribution in [3.63, 3.8) is 0 Å². The monoisotopic (exact) mass is 406 g/mol. The number of carbonyl (C=O) groups is 1. The van der Waals surface area contributed by atoms with Crippen LogP contribution < -0.4 is 15.4 Å². The van der Waals surface area contributed by atoms with Crippen LogP contribution in [-0.2, 0) is 4.79 Å². The predicted octanol–water partition coefficient (Wildman–Crippen LogP) is 2.95. The average molecular weight is 406 g/mol. The Morgan fingerprint density at radius 1 is 1.13 bits per heavy atom. The summed E-state index contributed by atoms with van der Waals surface area (Å²) in [6, 6.07) is 7.79. The van der Waals surface area contributed by atoms with Gasteiger partial charge in [-0.3, -0.25) is 4.79 Å². The Kier molecular flexibility index (Phi) is 4.77. The molecule has 0 spiro atoms. The fourth-order valence-corrected chi connectivity index (χ4v) is 3.61. The lowest BCUT2D eigenvalue weighted by molar-refractivity contribution is -0.122. The average Bonchev–Trinajstić information content (AvgIpc) is 3.68. The number of aryl methyl sites for hydroxylation is 1. The van der Waals surface area contributed by atoms with Crippen molar-refractivity contribution in [3.8, 4) is 11.4 Å². The number of amides is 1. The first-order chi connectivity index (χ1) is 14.6. The molecule has 2 aliphatic rings. The zero-order valence-electron chi connectivity index (χ0n) is 17.3. The molecule has 0 unspecified atom stereocenters. The van der Waals surface area contributed by atoms with E-state index in [0.717, 1.165) is 65.5 Å². The lowest BCUT2D eigenvalue weighted by Gasteiger charge is -2.11. The predicted molar refractivity (Wildman–Crippen MR) is 114 cm³/mol. The quantitative estimate of drug-likeness (QED) is 0.559. The fraction of sp³-hybridized carbons (Fsp3) is 0.455. The van der Waals surface area contributed by atoms with E-state index in [9.17, 15) is 4.79 Å². The van der Waals surface area contributed by atoms with Crippen molar-refractivity contribution in [2.24, 2.45) is 5.92 Å². The molecule has 2 heterocycles. The number of fused-ring (bicyclic) bond motifs is 1. The molecule has 1 amide bonds. The van der Waals surface area contributed by atoms with Crippen LogP contribution in [-0.4, -0.2) is 45.9 Å². The van der Waals surface area contributed by atoms with Crippen molar-refractivity contribution in [2.75, 3.05) is 25.5 Å². The number of aromatic nitrogens is 4. The Morgan fingerprint density at radius 2 is 1.90 bits per heavy atom. The van der Waals surface area contributed by atoms with Crippen LogP contribution in [0, 0.1) is 12.8 Å². The van der Waals surface area contributed by atoms with Gasteiger partial charge in [0.1, 0.15) is 17.4 Å². The molecule has 8 heteroatoms. The lowest BCUT2D eigenvalue weighted by atomic mass is 10.2. The van der Waals surface area contributed by atoms with Gasteiger partial charge in [-0.2, -0.15) is 5.10 Å². The van der Waals surface area contributed by atoms with E-state index in [1.165, 1.54) is 0 Å². The summed E-state index contributed by atoms with van der Waals surface area (Å²) in [5, 5.41) is 12.1. The smallest absolute Gasteiger partial charge is 0.223 e. The highest BCUT2D eigenvalue weighted by atomic mass is 16.5. The highest BCUT2D eigenvalue weighted by Gasteiger charge is 2.30. The van der Waals surface area contributed by atoms with Crippen molar-refractivity contribution >= 4 is 22.8 Å². The number of carbonyl (C=O) groups excluding carboxylic acids is 1. The molecule has 0 aliphatic heterocycles. The fourth-order valence-electron chi connectivity index (χ4n) is 3.61. The second-order valence-corrected chi connectivity index (χ2v) is 8.09. The first-order valence-electron chi connectivity index (χ1n) is 10.6. The van der Waals surface area contributed by atoms with Crippen LogP contribution in [0.1, 0.15) is 43.1 Å². The second kappa shape index (κ2) is 7.59. The van der Waals surface area contributed by atoms with Crippen LogP contribution in [0.4, 0.5) is 5.82 Å². The van der Waals surface area contributed by atoms with Gasteiger partial charge in [-0.05, 0) is 56.9 Å². The van der Waals surface area contributed by atoms with Crippen LogP contribution >= 0.6 is 0 Å². The van der Waals surface area contributed by atoms with E-state index in [0.29, 0.717) is 19.0 Å². The summed E-state index contributed by atoms with van der Waals surface area (Å²) in [6.45, 7) is 3.16. The summed E-state index contributed by atoms with van der Waals surface area (Å²) < 4.78 is 7.14. The molecule has 2 aromatic heterocycles. The lowest BCUT2D eigenvalue weighted by Crippen LogP contribution is -2.30. The van der Waals surface area contributed by atoms with E-state index in [-0.39, 0.29) is 11.8 Å². The van der Waals surface area contributed by atoms with E-state index in [1.807, 2.05) is 35.9 Å². The van der Waals surface area contributed by atoms with Gasteiger partial charge in [-0.1, -0.05) is 0 Å². The van der Waals surface area contributed by atoms with E-state index in [4.69, 9.17) is 19.8 Å². The molecule has 2 aliphatic carbocycles. The Balaban J connectivity index is 1.45. The summed E-state index contributed by atoms with van der Waals surface area (Å²) in [4.78, 5) is 21.5. The molecule has 156 valence electrons. The first kappa shape index (κ1) is 18.8. The van der Waals surface area contributed by atoms with Crippen LogP contribution in [0.2, 0.25) is 0 Å². The summed E-state index contributed by atoms with van der Waals surface area (Å²) in [6.07, 6.45) is 4.27. The number of methoxy groups -OCH3 is 1. The number of nitrogens with one attached hydrogen (secondary N) is 2. The normalized spacial score (nSPS) is 15.9.